The maximum absolute atomic E-state index is 13.0. The highest BCUT2D eigenvalue weighted by molar-refractivity contribution is 6.00. The Balaban J connectivity index is 1.75. The van der Waals surface area contributed by atoms with E-state index in [1.165, 1.54) is 31.4 Å². The highest BCUT2D eigenvalue weighted by Crippen LogP contribution is 2.25. The first-order valence-electron chi connectivity index (χ1n) is 8.32. The van der Waals surface area contributed by atoms with Gasteiger partial charge in [-0.1, -0.05) is 12.1 Å². The number of ether oxygens (including phenoxy) is 1. The van der Waals surface area contributed by atoms with Crippen molar-refractivity contribution in [3.63, 3.8) is 0 Å². The number of amides is 1. The number of methoxy groups -OCH3 is 1. The minimum Gasteiger partial charge on any atom is -0.496 e. The molecule has 130 valence electrons. The Hall–Kier alpha value is -2.69. The quantitative estimate of drug-likeness (QED) is 0.799. The van der Waals surface area contributed by atoms with Gasteiger partial charge in [-0.15, -0.1) is 0 Å². The van der Waals surface area contributed by atoms with E-state index in [0.717, 1.165) is 12.8 Å². The second kappa shape index (κ2) is 7.47. The summed E-state index contributed by atoms with van der Waals surface area (Å²) < 4.78 is 18.3. The van der Waals surface area contributed by atoms with E-state index in [4.69, 9.17) is 4.74 Å². The summed E-state index contributed by atoms with van der Waals surface area (Å²) in [4.78, 5) is 27.2. The Morgan fingerprint density at radius 1 is 1.12 bits per heavy atom. The molecule has 2 aromatic carbocycles. The van der Waals surface area contributed by atoms with Crippen LogP contribution in [0.1, 0.15) is 33.6 Å². The zero-order valence-corrected chi connectivity index (χ0v) is 14.1. The van der Waals surface area contributed by atoms with Gasteiger partial charge in [0.15, 0.2) is 5.78 Å². The summed E-state index contributed by atoms with van der Waals surface area (Å²) in [5.74, 6) is -0.280. The smallest absolute Gasteiger partial charge is 0.257 e. The van der Waals surface area contributed by atoms with Crippen LogP contribution in [0.5, 0.6) is 5.75 Å². The van der Waals surface area contributed by atoms with Crippen LogP contribution in [0.2, 0.25) is 0 Å². The zero-order chi connectivity index (χ0) is 17.8. The lowest BCUT2D eigenvalue weighted by Gasteiger charge is -2.32. The van der Waals surface area contributed by atoms with Crippen molar-refractivity contribution < 1.29 is 18.7 Å². The number of likely N-dealkylation sites (tertiary alicyclic amines) is 1. The first-order chi connectivity index (χ1) is 12.1. The lowest BCUT2D eigenvalue weighted by atomic mass is 9.89. The summed E-state index contributed by atoms with van der Waals surface area (Å²) in [5, 5.41) is 0. The number of carbonyl (C=O) groups is 2. The van der Waals surface area contributed by atoms with Gasteiger partial charge in [0.25, 0.3) is 5.91 Å². The number of halogens is 1. The van der Waals surface area contributed by atoms with Crippen LogP contribution in [0.3, 0.4) is 0 Å². The number of para-hydroxylation sites is 1. The van der Waals surface area contributed by atoms with Gasteiger partial charge in [-0.25, -0.2) is 4.39 Å². The number of carbonyl (C=O) groups excluding carboxylic acids is 2. The van der Waals surface area contributed by atoms with Crippen molar-refractivity contribution in [2.45, 2.75) is 12.8 Å². The topological polar surface area (TPSA) is 46.6 Å². The zero-order valence-electron chi connectivity index (χ0n) is 14.1. The third-order valence-corrected chi connectivity index (χ3v) is 4.55. The molecule has 1 fully saturated rings. The van der Waals surface area contributed by atoms with Crippen LogP contribution in [-0.2, 0) is 0 Å². The molecule has 0 aromatic heterocycles. The Morgan fingerprint density at radius 2 is 1.84 bits per heavy atom. The summed E-state index contributed by atoms with van der Waals surface area (Å²) in [7, 11) is 1.53. The number of piperidine rings is 1. The summed E-state index contributed by atoms with van der Waals surface area (Å²) in [6.45, 7) is 0.983. The lowest BCUT2D eigenvalue weighted by Crippen LogP contribution is -2.42. The molecule has 0 radical (unpaired) electrons. The molecule has 5 heteroatoms. The molecule has 3 rings (SSSR count). The minimum atomic E-state index is -0.367. The Kier molecular flexibility index (Phi) is 5.12. The van der Waals surface area contributed by atoms with Crippen molar-refractivity contribution in [3.05, 3.63) is 65.5 Å². The van der Waals surface area contributed by atoms with Gasteiger partial charge in [-0.2, -0.15) is 0 Å². The van der Waals surface area contributed by atoms with Crippen LogP contribution in [-0.4, -0.2) is 36.8 Å². The van der Waals surface area contributed by atoms with Gasteiger partial charge >= 0.3 is 0 Å². The van der Waals surface area contributed by atoms with E-state index >= 15 is 0 Å². The van der Waals surface area contributed by atoms with Gasteiger partial charge < -0.3 is 9.64 Å². The molecular weight excluding hydrogens is 321 g/mol. The SMILES string of the molecule is COc1ccccc1C(=O)N1CCCC(C(=O)c2ccc(F)cc2)C1. The highest BCUT2D eigenvalue weighted by atomic mass is 19.1. The summed E-state index contributed by atoms with van der Waals surface area (Å²) in [6, 6.07) is 12.7. The fourth-order valence-corrected chi connectivity index (χ4v) is 3.22. The lowest BCUT2D eigenvalue weighted by molar-refractivity contribution is 0.0634. The molecular formula is C20H20FNO3. The molecule has 0 N–H and O–H groups in total. The average Bonchev–Trinajstić information content (AvgIpc) is 2.67. The third kappa shape index (κ3) is 3.71. The van der Waals surface area contributed by atoms with Crippen molar-refractivity contribution in [2.24, 2.45) is 5.92 Å². The van der Waals surface area contributed by atoms with Crippen molar-refractivity contribution in [2.75, 3.05) is 20.2 Å². The molecule has 1 unspecified atom stereocenters. The molecule has 1 aliphatic rings. The van der Waals surface area contributed by atoms with Crippen LogP contribution in [0.15, 0.2) is 48.5 Å². The number of hydrogen-bond donors (Lipinski definition) is 0. The number of ketones is 1. The van der Waals surface area contributed by atoms with Crippen LogP contribution in [0, 0.1) is 11.7 Å². The first kappa shape index (κ1) is 17.1. The number of Topliss-reactive ketones (excluding diaryl/α,β-unsaturated/α-hetero) is 1. The molecule has 0 saturated carbocycles. The van der Waals surface area contributed by atoms with E-state index in [-0.39, 0.29) is 23.4 Å². The highest BCUT2D eigenvalue weighted by Gasteiger charge is 2.30. The fourth-order valence-electron chi connectivity index (χ4n) is 3.22. The van der Waals surface area contributed by atoms with E-state index in [0.29, 0.717) is 30.0 Å². The molecule has 25 heavy (non-hydrogen) atoms. The second-order valence-electron chi connectivity index (χ2n) is 6.16. The maximum Gasteiger partial charge on any atom is 0.257 e. The van der Waals surface area contributed by atoms with Crippen molar-refractivity contribution in [1.29, 1.82) is 0 Å². The van der Waals surface area contributed by atoms with Crippen LogP contribution in [0.25, 0.3) is 0 Å². The maximum atomic E-state index is 13.0. The molecule has 1 heterocycles. The van der Waals surface area contributed by atoms with Gasteiger partial charge in [0, 0.05) is 24.6 Å². The van der Waals surface area contributed by atoms with E-state index < -0.39 is 0 Å². The monoisotopic (exact) mass is 341 g/mol. The third-order valence-electron chi connectivity index (χ3n) is 4.55. The van der Waals surface area contributed by atoms with E-state index in [9.17, 15) is 14.0 Å². The molecule has 0 spiro atoms. The van der Waals surface area contributed by atoms with Crippen LogP contribution < -0.4 is 4.74 Å². The van der Waals surface area contributed by atoms with E-state index in [1.54, 1.807) is 23.1 Å². The van der Waals surface area contributed by atoms with E-state index in [2.05, 4.69) is 0 Å². The fraction of sp³-hybridized carbons (Fsp3) is 0.300. The number of hydrogen-bond acceptors (Lipinski definition) is 3. The Labute approximate surface area is 146 Å². The van der Waals surface area contributed by atoms with Gasteiger partial charge in [0.05, 0.1) is 12.7 Å². The molecule has 1 aliphatic heterocycles. The number of nitrogens with zero attached hydrogens (tertiary/aromatic N) is 1. The molecule has 1 saturated heterocycles. The van der Waals surface area contributed by atoms with Crippen molar-refractivity contribution >= 4 is 11.7 Å². The molecule has 1 atom stereocenters. The molecule has 4 nitrogen and oxygen atoms in total. The van der Waals surface area contributed by atoms with E-state index in [1.807, 2.05) is 6.07 Å². The molecule has 0 aliphatic carbocycles. The average molecular weight is 341 g/mol. The van der Waals surface area contributed by atoms with Gasteiger partial charge in [-0.05, 0) is 49.2 Å². The minimum absolute atomic E-state index is 0.0440. The van der Waals surface area contributed by atoms with Crippen molar-refractivity contribution in [1.82, 2.24) is 4.90 Å². The van der Waals surface area contributed by atoms with Gasteiger partial charge in [0.1, 0.15) is 11.6 Å². The summed E-state index contributed by atoms with van der Waals surface area (Å²) in [5.41, 5.74) is 0.984. The van der Waals surface area contributed by atoms with Crippen LogP contribution in [0.4, 0.5) is 4.39 Å². The largest absolute Gasteiger partial charge is 0.496 e. The standard InChI is InChI=1S/C20H20FNO3/c1-25-18-7-3-2-6-17(18)20(24)22-12-4-5-15(13-22)19(23)14-8-10-16(21)11-9-14/h2-3,6-11,15H,4-5,12-13H2,1H3. The van der Waals surface area contributed by atoms with Gasteiger partial charge in [0.2, 0.25) is 0 Å². The second-order valence-corrected chi connectivity index (χ2v) is 6.16. The van der Waals surface area contributed by atoms with Crippen LogP contribution >= 0.6 is 0 Å². The van der Waals surface area contributed by atoms with Gasteiger partial charge in [-0.3, -0.25) is 9.59 Å². The summed E-state index contributed by atoms with van der Waals surface area (Å²) in [6.07, 6.45) is 1.49. The predicted molar refractivity (Wildman–Crippen MR) is 92.4 cm³/mol. The first-order valence-corrected chi connectivity index (χ1v) is 8.32. The molecule has 0 bridgehead atoms. The van der Waals surface area contributed by atoms with Crippen molar-refractivity contribution in [3.8, 4) is 5.75 Å². The Bertz CT molecular complexity index is 773. The number of rotatable bonds is 4. The normalized spacial score (nSPS) is 17.2. The molecule has 2 aromatic rings. The number of benzene rings is 2. The molecule has 1 amide bonds. The predicted octanol–water partition coefficient (Wildman–Crippen LogP) is 3.57. The summed E-state index contributed by atoms with van der Waals surface area (Å²) >= 11 is 0. The Morgan fingerprint density at radius 3 is 2.56 bits per heavy atom.